The molecule has 2 aromatic rings. The Morgan fingerprint density at radius 3 is 2.65 bits per heavy atom. The second-order valence-electron chi connectivity index (χ2n) is 7.59. The van der Waals surface area contributed by atoms with Crippen molar-refractivity contribution in [2.75, 3.05) is 6.54 Å². The van der Waals surface area contributed by atoms with Crippen molar-refractivity contribution >= 4 is 23.2 Å². The van der Waals surface area contributed by atoms with Crippen molar-refractivity contribution in [2.24, 2.45) is 5.92 Å². The summed E-state index contributed by atoms with van der Waals surface area (Å²) in [7, 11) is 0. The van der Waals surface area contributed by atoms with Crippen LogP contribution in [0, 0.1) is 5.92 Å². The van der Waals surface area contributed by atoms with Gasteiger partial charge in [-0.25, -0.2) is 4.39 Å². The summed E-state index contributed by atoms with van der Waals surface area (Å²) in [5.74, 6) is 0.792. The molecule has 0 radical (unpaired) electrons. The molecule has 26 heavy (non-hydrogen) atoms. The van der Waals surface area contributed by atoms with Crippen LogP contribution >= 0.6 is 23.2 Å². The minimum Gasteiger partial charge on any atom is -0.373 e. The molecule has 5 rings (SSSR count). The SMILES string of the molecule is FC1(c2onc(-c3c(Cl)cccc3Cl)c2COC2C[C@@H]3C[C@H]2CN3)CC1. The van der Waals surface area contributed by atoms with Crippen molar-refractivity contribution in [3.63, 3.8) is 0 Å². The predicted molar refractivity (Wildman–Crippen MR) is 97.1 cm³/mol. The van der Waals surface area contributed by atoms with Crippen LogP contribution in [0.3, 0.4) is 0 Å². The van der Waals surface area contributed by atoms with Crippen LogP contribution in [0.25, 0.3) is 11.3 Å². The van der Waals surface area contributed by atoms with Crippen LogP contribution in [0.4, 0.5) is 4.39 Å². The summed E-state index contributed by atoms with van der Waals surface area (Å²) < 4.78 is 26.4. The van der Waals surface area contributed by atoms with Crippen LogP contribution in [0.15, 0.2) is 22.7 Å². The zero-order valence-electron chi connectivity index (χ0n) is 14.1. The summed E-state index contributed by atoms with van der Waals surface area (Å²) >= 11 is 12.7. The lowest BCUT2D eigenvalue weighted by Crippen LogP contribution is -2.34. The van der Waals surface area contributed by atoms with E-state index in [0.717, 1.165) is 19.4 Å². The number of fused-ring (bicyclic) bond motifs is 2. The van der Waals surface area contributed by atoms with Crippen molar-refractivity contribution in [3.05, 3.63) is 39.6 Å². The van der Waals surface area contributed by atoms with Crippen LogP contribution in [-0.4, -0.2) is 23.8 Å². The molecule has 2 saturated carbocycles. The van der Waals surface area contributed by atoms with Crippen molar-refractivity contribution in [1.29, 1.82) is 0 Å². The average molecular weight is 397 g/mol. The third-order valence-electron chi connectivity index (χ3n) is 5.82. The van der Waals surface area contributed by atoms with Gasteiger partial charge in [0.2, 0.25) is 0 Å². The van der Waals surface area contributed by atoms with E-state index in [4.69, 9.17) is 32.5 Å². The summed E-state index contributed by atoms with van der Waals surface area (Å²) in [4.78, 5) is 0. The fourth-order valence-electron chi connectivity index (χ4n) is 4.23. The van der Waals surface area contributed by atoms with Crippen LogP contribution in [0.5, 0.6) is 0 Å². The Bertz CT molecular complexity index is 832. The van der Waals surface area contributed by atoms with Gasteiger partial charge in [0.25, 0.3) is 0 Å². The largest absolute Gasteiger partial charge is 0.373 e. The summed E-state index contributed by atoms with van der Waals surface area (Å²) in [5.41, 5.74) is 0.258. The van der Waals surface area contributed by atoms with Crippen molar-refractivity contribution in [2.45, 2.75) is 50.1 Å². The van der Waals surface area contributed by atoms with Gasteiger partial charge in [0.15, 0.2) is 11.4 Å². The molecule has 1 unspecified atom stereocenters. The number of nitrogens with zero attached hydrogens (tertiary/aromatic N) is 1. The van der Waals surface area contributed by atoms with Crippen molar-refractivity contribution in [3.8, 4) is 11.3 Å². The van der Waals surface area contributed by atoms with Crippen molar-refractivity contribution in [1.82, 2.24) is 10.5 Å². The smallest absolute Gasteiger partial charge is 0.180 e. The van der Waals surface area contributed by atoms with Crippen LogP contribution in [0.1, 0.15) is 37.0 Å². The molecule has 1 aromatic carbocycles. The molecule has 1 saturated heterocycles. The zero-order valence-corrected chi connectivity index (χ0v) is 15.6. The Balaban J connectivity index is 1.49. The lowest BCUT2D eigenvalue weighted by molar-refractivity contribution is 0.00832. The molecule has 2 heterocycles. The molecular weight excluding hydrogens is 378 g/mol. The highest BCUT2D eigenvalue weighted by atomic mass is 35.5. The Labute approximate surface area is 161 Å². The van der Waals surface area contributed by atoms with Gasteiger partial charge >= 0.3 is 0 Å². The molecule has 3 aliphatic rings. The highest BCUT2D eigenvalue weighted by molar-refractivity contribution is 6.39. The lowest BCUT2D eigenvalue weighted by Gasteiger charge is -2.23. The Morgan fingerprint density at radius 1 is 1.27 bits per heavy atom. The van der Waals surface area contributed by atoms with E-state index in [-0.39, 0.29) is 18.5 Å². The van der Waals surface area contributed by atoms with Crippen LogP contribution in [0.2, 0.25) is 10.0 Å². The number of piperidine rings is 1. The monoisotopic (exact) mass is 396 g/mol. The molecule has 3 atom stereocenters. The predicted octanol–water partition coefficient (Wildman–Crippen LogP) is 4.87. The molecule has 0 spiro atoms. The number of nitrogens with one attached hydrogen (secondary N) is 1. The van der Waals surface area contributed by atoms with Gasteiger partial charge in [0, 0.05) is 18.2 Å². The minimum atomic E-state index is -1.44. The molecule has 7 heteroatoms. The highest BCUT2D eigenvalue weighted by Crippen LogP contribution is 2.53. The summed E-state index contributed by atoms with van der Waals surface area (Å²) in [6, 6.07) is 5.79. The normalized spacial score (nSPS) is 28.7. The van der Waals surface area contributed by atoms with E-state index < -0.39 is 5.67 Å². The third-order valence-corrected chi connectivity index (χ3v) is 6.45. The highest BCUT2D eigenvalue weighted by Gasteiger charge is 2.51. The van der Waals surface area contributed by atoms with Crippen LogP contribution < -0.4 is 5.32 Å². The van der Waals surface area contributed by atoms with E-state index >= 15 is 0 Å². The number of hydrogen-bond donors (Lipinski definition) is 1. The van der Waals surface area contributed by atoms with Gasteiger partial charge in [-0.1, -0.05) is 34.4 Å². The topological polar surface area (TPSA) is 47.3 Å². The second-order valence-corrected chi connectivity index (χ2v) is 8.40. The molecule has 1 aromatic heterocycles. The van der Waals surface area contributed by atoms with Gasteiger partial charge in [0.1, 0.15) is 5.69 Å². The zero-order chi connectivity index (χ0) is 17.9. The van der Waals surface area contributed by atoms with Gasteiger partial charge < -0.3 is 14.6 Å². The van der Waals surface area contributed by atoms with Gasteiger partial charge in [-0.15, -0.1) is 0 Å². The molecular formula is C19H19Cl2FN2O2. The number of benzene rings is 1. The van der Waals surface area contributed by atoms with E-state index in [1.165, 1.54) is 0 Å². The standard InChI is InChI=1S/C19H19Cl2FN2O2/c20-13-2-1-3-14(21)16(13)17-12(18(26-24-17)19(22)4-5-19)9-25-15-7-11-6-10(15)8-23-11/h1-3,10-11,15,23H,4-9H2/t10-,11-,15?/m0/s1. The number of aromatic nitrogens is 1. The third kappa shape index (κ3) is 2.76. The van der Waals surface area contributed by atoms with E-state index in [9.17, 15) is 4.39 Å². The molecule has 0 amide bonds. The van der Waals surface area contributed by atoms with E-state index in [2.05, 4.69) is 10.5 Å². The maximum atomic E-state index is 14.8. The number of hydrogen-bond acceptors (Lipinski definition) is 4. The number of halogens is 3. The first-order valence-electron chi connectivity index (χ1n) is 9.02. The molecule has 2 aliphatic carbocycles. The first-order valence-corrected chi connectivity index (χ1v) is 9.78. The molecule has 3 fully saturated rings. The number of rotatable bonds is 5. The number of alkyl halides is 1. The Kier molecular flexibility index (Phi) is 4.05. The van der Waals surface area contributed by atoms with Gasteiger partial charge in [0.05, 0.1) is 28.3 Å². The first-order chi connectivity index (χ1) is 12.5. The Morgan fingerprint density at radius 2 is 2.04 bits per heavy atom. The number of ether oxygens (including phenoxy) is 1. The van der Waals surface area contributed by atoms with Gasteiger partial charge in [-0.2, -0.15) is 0 Å². The maximum Gasteiger partial charge on any atom is 0.180 e. The molecule has 1 N–H and O–H groups in total. The minimum absolute atomic E-state index is 0.188. The summed E-state index contributed by atoms with van der Waals surface area (Å²) in [6.07, 6.45) is 3.23. The second kappa shape index (κ2) is 6.20. The summed E-state index contributed by atoms with van der Waals surface area (Å²) in [6.45, 7) is 1.25. The maximum absolute atomic E-state index is 14.8. The van der Waals surface area contributed by atoms with E-state index in [1.54, 1.807) is 18.2 Å². The fourth-order valence-corrected chi connectivity index (χ4v) is 4.81. The first kappa shape index (κ1) is 17.0. The van der Waals surface area contributed by atoms with Crippen molar-refractivity contribution < 1.29 is 13.7 Å². The lowest BCUT2D eigenvalue weighted by atomic mass is 10.0. The Hall–Kier alpha value is -1.14. The van der Waals surface area contributed by atoms with E-state index in [0.29, 0.717) is 51.7 Å². The molecule has 1 aliphatic heterocycles. The fraction of sp³-hybridized carbons (Fsp3) is 0.526. The molecule has 4 nitrogen and oxygen atoms in total. The average Bonchev–Trinajstić information content (AvgIpc) is 3.01. The van der Waals surface area contributed by atoms with Gasteiger partial charge in [-0.3, -0.25) is 0 Å². The summed E-state index contributed by atoms with van der Waals surface area (Å²) in [5, 5.41) is 8.53. The van der Waals surface area contributed by atoms with E-state index in [1.807, 2.05) is 0 Å². The quantitative estimate of drug-likeness (QED) is 0.782. The molecule has 2 bridgehead atoms. The van der Waals surface area contributed by atoms with Crippen LogP contribution in [-0.2, 0) is 17.0 Å². The van der Waals surface area contributed by atoms with Gasteiger partial charge in [-0.05, 0) is 43.7 Å². The molecule has 138 valence electrons.